The molecule has 1 aliphatic rings. The molecule has 0 saturated carbocycles. The Labute approximate surface area is 287 Å². The maximum Gasteiger partial charge on any atom is 0.490 e. The molecule has 13 heteroatoms. The number of hydrogen-bond donors (Lipinski definition) is 4. The van der Waals surface area contributed by atoms with Gasteiger partial charge in [-0.2, -0.15) is 13.2 Å². The van der Waals surface area contributed by atoms with Gasteiger partial charge < -0.3 is 31.1 Å². The molecule has 1 unspecified atom stereocenters. The molecule has 0 aliphatic heterocycles. The summed E-state index contributed by atoms with van der Waals surface area (Å²) in [5, 5.41) is 13.0. The zero-order chi connectivity index (χ0) is 36.3. The minimum Gasteiger partial charge on any atom is -0.475 e. The highest BCUT2D eigenvalue weighted by atomic mass is 19.4. The van der Waals surface area contributed by atoms with Crippen LogP contribution < -0.4 is 26.0 Å². The maximum absolute atomic E-state index is 13.8. The first kappa shape index (κ1) is 37.1. The van der Waals surface area contributed by atoms with E-state index in [0.717, 1.165) is 29.5 Å². The van der Waals surface area contributed by atoms with Crippen molar-refractivity contribution in [3.05, 3.63) is 119 Å². The quantitative estimate of drug-likeness (QED) is 0.138. The van der Waals surface area contributed by atoms with Crippen molar-refractivity contribution >= 4 is 35.1 Å². The van der Waals surface area contributed by atoms with Gasteiger partial charge in [0.25, 0.3) is 0 Å². The van der Waals surface area contributed by atoms with Gasteiger partial charge in [0, 0.05) is 32.0 Å². The van der Waals surface area contributed by atoms with Crippen LogP contribution in [0.25, 0.3) is 0 Å². The van der Waals surface area contributed by atoms with Crippen LogP contribution in [0.4, 0.5) is 24.5 Å². The predicted octanol–water partition coefficient (Wildman–Crippen LogP) is 6.65. The second-order valence-electron chi connectivity index (χ2n) is 11.4. The normalized spacial score (nSPS) is 13.3. The Kier molecular flexibility index (Phi) is 12.7. The number of carboxylic acids is 1. The van der Waals surface area contributed by atoms with Crippen molar-refractivity contribution < 1.29 is 42.2 Å². The highest BCUT2D eigenvalue weighted by molar-refractivity contribution is 5.97. The Bertz CT molecular complexity index is 1810. The average Bonchev–Trinajstić information content (AvgIpc) is 3.49. The number of aliphatic carboxylic acids is 1. The van der Waals surface area contributed by atoms with Crippen LogP contribution in [0.3, 0.4) is 0 Å². The van der Waals surface area contributed by atoms with Crippen molar-refractivity contribution in [2.45, 2.75) is 57.9 Å². The van der Waals surface area contributed by atoms with Gasteiger partial charge in [0.1, 0.15) is 5.75 Å². The zero-order valence-corrected chi connectivity index (χ0v) is 27.2. The third kappa shape index (κ3) is 10.7. The number of nitrogens with one attached hydrogen (secondary N) is 2. The summed E-state index contributed by atoms with van der Waals surface area (Å²) in [5.41, 5.74) is 11.3. The summed E-state index contributed by atoms with van der Waals surface area (Å²) in [4.78, 5) is 48.8. The highest BCUT2D eigenvalue weighted by Crippen LogP contribution is 2.35. The first-order valence-corrected chi connectivity index (χ1v) is 15.7. The summed E-state index contributed by atoms with van der Waals surface area (Å²) in [6.45, 7) is 2.09. The molecule has 4 aromatic rings. The van der Waals surface area contributed by atoms with Crippen molar-refractivity contribution in [2.75, 3.05) is 10.2 Å². The Morgan fingerprint density at radius 3 is 2.26 bits per heavy atom. The average molecular weight is 691 g/mol. The molecule has 1 atom stereocenters. The monoisotopic (exact) mass is 690 g/mol. The third-order valence-electron chi connectivity index (χ3n) is 7.71. The molecule has 0 spiro atoms. The van der Waals surface area contributed by atoms with Crippen molar-refractivity contribution in [2.24, 2.45) is 5.73 Å². The lowest BCUT2D eigenvalue weighted by molar-refractivity contribution is -0.192. The molecule has 0 radical (unpaired) electrons. The summed E-state index contributed by atoms with van der Waals surface area (Å²) in [6, 6.07) is 30.3. The van der Waals surface area contributed by atoms with Crippen LogP contribution in [0.2, 0.25) is 0 Å². The molecular weight excluding hydrogens is 653 g/mol. The van der Waals surface area contributed by atoms with Crippen LogP contribution in [-0.2, 0) is 38.7 Å². The van der Waals surface area contributed by atoms with Gasteiger partial charge in [0.2, 0.25) is 17.7 Å². The standard InChI is InChI=1S/C35H36N4O4.C2HF3O2/c1-24(40)37-28-16-13-25(14-17-28)23-39(32-11-4-5-12-33(32)43-29-9-6-7-26(21-29)22-36)35(42)20-19-34(41)38-31-18-15-27-8-2-3-10-30(27)31;3-2(4,5)1(6)7/h2-14,16-17,21,31H,15,18-20,22-23,36H2,1H3,(H,37,40)(H,38,41);(H,6,7). The van der Waals surface area contributed by atoms with Crippen molar-refractivity contribution in [3.8, 4) is 11.5 Å². The Morgan fingerprint density at radius 1 is 0.900 bits per heavy atom. The third-order valence-corrected chi connectivity index (χ3v) is 7.71. The van der Waals surface area contributed by atoms with E-state index in [1.54, 1.807) is 17.0 Å². The second-order valence-corrected chi connectivity index (χ2v) is 11.4. The summed E-state index contributed by atoms with van der Waals surface area (Å²) < 4.78 is 38.0. The number of benzene rings is 4. The van der Waals surface area contributed by atoms with Crippen molar-refractivity contribution in [1.29, 1.82) is 0 Å². The minimum absolute atomic E-state index is 0.0289. The molecule has 50 heavy (non-hydrogen) atoms. The van der Waals surface area contributed by atoms with Gasteiger partial charge in [-0.3, -0.25) is 14.4 Å². The molecule has 10 nitrogen and oxygen atoms in total. The lowest BCUT2D eigenvalue weighted by Gasteiger charge is -2.26. The van der Waals surface area contributed by atoms with Crippen LogP contribution in [0.1, 0.15) is 54.5 Å². The van der Waals surface area contributed by atoms with E-state index < -0.39 is 12.1 Å². The second kappa shape index (κ2) is 17.1. The molecule has 0 heterocycles. The van der Waals surface area contributed by atoms with E-state index >= 15 is 0 Å². The lowest BCUT2D eigenvalue weighted by Crippen LogP contribution is -2.33. The number of hydrogen-bond acceptors (Lipinski definition) is 6. The van der Waals surface area contributed by atoms with E-state index in [-0.39, 0.29) is 43.1 Å². The van der Waals surface area contributed by atoms with Gasteiger partial charge in [-0.15, -0.1) is 0 Å². The number of ether oxygens (including phenoxy) is 1. The number of nitrogens with two attached hydrogens (primary N) is 1. The Balaban J connectivity index is 0.000000727. The molecule has 0 saturated heterocycles. The zero-order valence-electron chi connectivity index (χ0n) is 27.2. The smallest absolute Gasteiger partial charge is 0.475 e. The molecular formula is C37H37F3N4O6. The molecule has 5 rings (SSSR count). The number of aryl methyl sites for hydroxylation is 1. The van der Waals surface area contributed by atoms with Crippen molar-refractivity contribution in [3.63, 3.8) is 0 Å². The van der Waals surface area contributed by atoms with E-state index in [0.29, 0.717) is 29.4 Å². The topological polar surface area (TPSA) is 151 Å². The predicted molar refractivity (Wildman–Crippen MR) is 181 cm³/mol. The molecule has 0 fully saturated rings. The number of halogens is 3. The number of anilines is 2. The van der Waals surface area contributed by atoms with Crippen LogP contribution in [0.5, 0.6) is 11.5 Å². The highest BCUT2D eigenvalue weighted by Gasteiger charge is 2.38. The summed E-state index contributed by atoms with van der Waals surface area (Å²) in [5.74, 6) is -2.16. The molecule has 5 N–H and O–H groups in total. The Hall–Kier alpha value is -5.69. The van der Waals surface area contributed by atoms with Crippen molar-refractivity contribution in [1.82, 2.24) is 5.32 Å². The van der Waals surface area contributed by atoms with Gasteiger partial charge in [-0.25, -0.2) is 4.79 Å². The van der Waals surface area contributed by atoms with E-state index in [9.17, 15) is 27.6 Å². The minimum atomic E-state index is -5.08. The SMILES string of the molecule is CC(=O)Nc1ccc(CN(C(=O)CCC(=O)NC2CCc3ccccc32)c2ccccc2Oc2cccc(CN)c2)cc1.O=C(O)C(F)(F)F. The van der Waals surface area contributed by atoms with Gasteiger partial charge in [-0.1, -0.05) is 60.7 Å². The fourth-order valence-electron chi connectivity index (χ4n) is 5.35. The summed E-state index contributed by atoms with van der Waals surface area (Å²) >= 11 is 0. The number of carbonyl (C=O) groups is 4. The Morgan fingerprint density at radius 2 is 1.58 bits per heavy atom. The number of rotatable bonds is 11. The molecule has 0 aromatic heterocycles. The number of fused-ring (bicyclic) bond motifs is 1. The van der Waals surface area contributed by atoms with Crippen LogP contribution in [0, 0.1) is 0 Å². The number of carboxylic acid groups (broad SMARTS) is 1. The maximum atomic E-state index is 13.8. The molecule has 0 bridgehead atoms. The first-order chi connectivity index (χ1) is 23.8. The molecule has 4 aromatic carbocycles. The van der Waals surface area contributed by atoms with Gasteiger partial charge in [-0.05, 0) is 71.5 Å². The van der Waals surface area contributed by atoms with Gasteiger partial charge in [0.05, 0.1) is 18.3 Å². The molecule has 262 valence electrons. The van der Waals surface area contributed by atoms with E-state index in [2.05, 4.69) is 22.8 Å². The number of amides is 3. The number of para-hydroxylation sites is 2. The van der Waals surface area contributed by atoms with Crippen LogP contribution in [0.15, 0.2) is 97.1 Å². The lowest BCUT2D eigenvalue weighted by atomic mass is 10.1. The van der Waals surface area contributed by atoms with Crippen LogP contribution >= 0.6 is 0 Å². The number of nitrogens with zero attached hydrogens (tertiary/aromatic N) is 1. The summed E-state index contributed by atoms with van der Waals surface area (Å²) in [6.07, 6.45) is -3.20. The van der Waals surface area contributed by atoms with Gasteiger partial charge in [0.15, 0.2) is 5.75 Å². The van der Waals surface area contributed by atoms with E-state index in [1.165, 1.54) is 12.5 Å². The number of alkyl halides is 3. The van der Waals surface area contributed by atoms with Gasteiger partial charge >= 0.3 is 12.1 Å². The van der Waals surface area contributed by atoms with E-state index in [1.807, 2.05) is 72.8 Å². The fourth-order valence-corrected chi connectivity index (χ4v) is 5.35. The van der Waals surface area contributed by atoms with E-state index in [4.69, 9.17) is 20.4 Å². The molecule has 1 aliphatic carbocycles. The largest absolute Gasteiger partial charge is 0.490 e. The summed E-state index contributed by atoms with van der Waals surface area (Å²) in [7, 11) is 0. The first-order valence-electron chi connectivity index (χ1n) is 15.7. The van der Waals surface area contributed by atoms with Crippen LogP contribution in [-0.4, -0.2) is 35.0 Å². The molecule has 3 amide bonds. The fraction of sp³-hybridized carbons (Fsp3) is 0.243. The number of carbonyl (C=O) groups excluding carboxylic acids is 3.